The molecule has 0 spiro atoms. The van der Waals surface area contributed by atoms with E-state index < -0.39 is 0 Å². The largest absolute Gasteiger partial charge is 0.507 e. The van der Waals surface area contributed by atoms with Crippen molar-refractivity contribution >= 4 is 31.8 Å². The molecule has 0 aliphatic rings. The third-order valence-corrected chi connectivity index (χ3v) is 5.66. The molecule has 3 aromatic rings. The number of hydrogen-bond donors (Lipinski definition) is 2. The van der Waals surface area contributed by atoms with Crippen molar-refractivity contribution in [2.24, 2.45) is 0 Å². The molecule has 3 heteroatoms. The number of hydrogen-bond acceptors (Lipinski definition) is 2. The number of thiol groups is 1. The summed E-state index contributed by atoms with van der Waals surface area (Å²) in [5.74, 6) is 0.367. The Labute approximate surface area is 151 Å². The van der Waals surface area contributed by atoms with Crippen LogP contribution in [0.1, 0.15) is 28.9 Å². The first-order valence-electron chi connectivity index (χ1n) is 8.03. The zero-order valence-corrected chi connectivity index (χ0v) is 15.5. The van der Waals surface area contributed by atoms with E-state index in [9.17, 15) is 5.11 Å². The molecule has 122 valence electrons. The lowest BCUT2D eigenvalue weighted by Gasteiger charge is -2.14. The molecule has 0 heterocycles. The second-order valence-electron chi connectivity index (χ2n) is 5.90. The van der Waals surface area contributed by atoms with Gasteiger partial charge in [-0.2, -0.15) is 12.6 Å². The average molecular weight is 352 g/mol. The van der Waals surface area contributed by atoms with Gasteiger partial charge in [-0.25, -0.2) is 0 Å². The first kappa shape index (κ1) is 17.1. The number of aromatic hydroxyl groups is 1. The molecular formula is C21H21OPS. The summed E-state index contributed by atoms with van der Waals surface area (Å²) >= 11 is 4.58. The Balaban J connectivity index is 1.87. The van der Waals surface area contributed by atoms with Crippen LogP contribution in [0.15, 0.2) is 72.8 Å². The Bertz CT molecular complexity index is 815. The van der Waals surface area contributed by atoms with Crippen molar-refractivity contribution in [3.8, 4) is 5.75 Å². The second-order valence-corrected chi connectivity index (χ2v) is 8.00. The second kappa shape index (κ2) is 7.88. The minimum Gasteiger partial charge on any atom is -0.507 e. The lowest BCUT2D eigenvalue weighted by atomic mass is 10.1. The van der Waals surface area contributed by atoms with E-state index in [4.69, 9.17) is 0 Å². The third-order valence-electron chi connectivity index (χ3n) is 3.99. The molecule has 0 amide bonds. The number of phenols is 1. The first-order valence-corrected chi connectivity index (χ1v) is 9.55. The molecule has 0 saturated heterocycles. The monoisotopic (exact) mass is 352 g/mol. The van der Waals surface area contributed by atoms with Crippen molar-refractivity contribution < 1.29 is 5.11 Å². The van der Waals surface area contributed by atoms with Gasteiger partial charge in [0.25, 0.3) is 0 Å². The first-order chi connectivity index (χ1) is 11.6. The number of rotatable bonds is 5. The van der Waals surface area contributed by atoms with Crippen molar-refractivity contribution in [3.05, 3.63) is 89.5 Å². The van der Waals surface area contributed by atoms with E-state index in [1.807, 2.05) is 30.3 Å². The van der Waals surface area contributed by atoms with Gasteiger partial charge in [-0.15, -0.1) is 0 Å². The Morgan fingerprint density at radius 2 is 1.58 bits per heavy atom. The van der Waals surface area contributed by atoms with Crippen molar-refractivity contribution in [3.63, 3.8) is 0 Å². The molecule has 24 heavy (non-hydrogen) atoms. The molecule has 2 atom stereocenters. The number of benzene rings is 3. The van der Waals surface area contributed by atoms with E-state index in [1.54, 1.807) is 0 Å². The van der Waals surface area contributed by atoms with Crippen LogP contribution >= 0.6 is 21.2 Å². The van der Waals surface area contributed by atoms with Gasteiger partial charge in [-0.05, 0) is 47.5 Å². The molecular weight excluding hydrogens is 331 g/mol. The summed E-state index contributed by atoms with van der Waals surface area (Å²) in [4.78, 5) is 0. The minimum atomic E-state index is 0.184. The predicted molar refractivity (Wildman–Crippen MR) is 109 cm³/mol. The van der Waals surface area contributed by atoms with Crippen LogP contribution in [-0.4, -0.2) is 5.11 Å². The normalized spacial score (nSPS) is 12.6. The molecule has 2 unspecified atom stereocenters. The minimum absolute atomic E-state index is 0.184. The van der Waals surface area contributed by atoms with Crippen molar-refractivity contribution in [1.29, 1.82) is 0 Å². The van der Waals surface area contributed by atoms with Crippen LogP contribution in [0.3, 0.4) is 0 Å². The Morgan fingerprint density at radius 3 is 2.33 bits per heavy atom. The Hall–Kier alpha value is -1.76. The van der Waals surface area contributed by atoms with Crippen LogP contribution in [0.5, 0.6) is 5.75 Å². The summed E-state index contributed by atoms with van der Waals surface area (Å²) in [6, 6.07) is 24.7. The van der Waals surface area contributed by atoms with Crippen LogP contribution in [-0.2, 0) is 6.42 Å². The lowest BCUT2D eigenvalue weighted by molar-refractivity contribution is 0.479. The highest BCUT2D eigenvalue weighted by Gasteiger charge is 2.10. The average Bonchev–Trinajstić information content (AvgIpc) is 2.59. The van der Waals surface area contributed by atoms with Crippen molar-refractivity contribution in [2.75, 3.05) is 0 Å². The van der Waals surface area contributed by atoms with Gasteiger partial charge >= 0.3 is 0 Å². The SMILES string of the molecule is CC(S)c1ccccc1Pc1cc(Cc2ccccc2)ccc1O. The van der Waals surface area contributed by atoms with Gasteiger partial charge in [0.2, 0.25) is 0 Å². The molecule has 1 nitrogen and oxygen atoms in total. The fourth-order valence-electron chi connectivity index (χ4n) is 2.75. The van der Waals surface area contributed by atoms with Gasteiger partial charge in [-0.1, -0.05) is 69.2 Å². The summed E-state index contributed by atoms with van der Waals surface area (Å²) in [6.45, 7) is 2.08. The number of phenolic OH excluding ortho intramolecular Hbond substituents is 1. The molecule has 1 N–H and O–H groups in total. The highest BCUT2D eigenvalue weighted by molar-refractivity contribution is 7.80. The highest BCUT2D eigenvalue weighted by Crippen LogP contribution is 2.26. The summed E-state index contributed by atoms with van der Waals surface area (Å²) in [7, 11) is 0.425. The van der Waals surface area contributed by atoms with E-state index >= 15 is 0 Å². The standard InChI is InChI=1S/C21H21OPS/c1-15(24)18-9-5-6-10-20(18)23-21-14-17(11-12-19(21)22)13-16-7-3-2-4-8-16/h2-12,14-15,22-24H,13H2,1H3. The topological polar surface area (TPSA) is 20.2 Å². The van der Waals surface area contributed by atoms with Crippen LogP contribution in [0.25, 0.3) is 0 Å². The van der Waals surface area contributed by atoms with Crippen LogP contribution in [0.4, 0.5) is 0 Å². The van der Waals surface area contributed by atoms with Gasteiger partial charge in [0.15, 0.2) is 0 Å². The van der Waals surface area contributed by atoms with Gasteiger partial charge in [0.1, 0.15) is 5.75 Å². The van der Waals surface area contributed by atoms with E-state index in [1.165, 1.54) is 22.0 Å². The predicted octanol–water partition coefficient (Wildman–Crippen LogP) is 4.60. The quantitative estimate of drug-likeness (QED) is 0.508. The zero-order chi connectivity index (χ0) is 16.9. The molecule has 0 fully saturated rings. The lowest BCUT2D eigenvalue weighted by Crippen LogP contribution is -2.10. The van der Waals surface area contributed by atoms with Crippen LogP contribution in [0.2, 0.25) is 0 Å². The van der Waals surface area contributed by atoms with E-state index in [-0.39, 0.29) is 5.25 Å². The highest BCUT2D eigenvalue weighted by atomic mass is 32.1. The van der Waals surface area contributed by atoms with Gasteiger partial charge in [-0.3, -0.25) is 0 Å². The molecule has 0 aliphatic carbocycles. The van der Waals surface area contributed by atoms with E-state index in [0.717, 1.165) is 11.7 Å². The fraction of sp³-hybridized carbons (Fsp3) is 0.143. The van der Waals surface area contributed by atoms with Crippen LogP contribution < -0.4 is 10.6 Å². The van der Waals surface area contributed by atoms with E-state index in [0.29, 0.717) is 14.3 Å². The molecule has 0 saturated carbocycles. The summed E-state index contributed by atoms with van der Waals surface area (Å²) < 4.78 is 0. The summed E-state index contributed by atoms with van der Waals surface area (Å²) in [6.07, 6.45) is 0.878. The van der Waals surface area contributed by atoms with Gasteiger partial charge in [0.05, 0.1) is 0 Å². The molecule has 0 bridgehead atoms. The van der Waals surface area contributed by atoms with Crippen molar-refractivity contribution in [2.45, 2.75) is 18.6 Å². The van der Waals surface area contributed by atoms with Crippen LogP contribution in [0, 0.1) is 0 Å². The maximum absolute atomic E-state index is 10.3. The molecule has 0 radical (unpaired) electrons. The molecule has 0 aromatic heterocycles. The fourth-order valence-corrected chi connectivity index (χ4v) is 4.47. The van der Waals surface area contributed by atoms with Gasteiger partial charge < -0.3 is 5.11 Å². The maximum Gasteiger partial charge on any atom is 0.123 e. The Morgan fingerprint density at radius 1 is 0.875 bits per heavy atom. The maximum atomic E-state index is 10.3. The van der Waals surface area contributed by atoms with E-state index in [2.05, 4.69) is 62.0 Å². The smallest absolute Gasteiger partial charge is 0.123 e. The van der Waals surface area contributed by atoms with Gasteiger partial charge in [0, 0.05) is 10.6 Å². The molecule has 3 rings (SSSR count). The molecule has 0 aliphatic heterocycles. The summed E-state index contributed by atoms with van der Waals surface area (Å²) in [5, 5.41) is 12.7. The Kier molecular flexibility index (Phi) is 5.60. The summed E-state index contributed by atoms with van der Waals surface area (Å²) in [5.41, 5.74) is 3.73. The van der Waals surface area contributed by atoms with Crippen molar-refractivity contribution in [1.82, 2.24) is 0 Å². The third kappa shape index (κ3) is 4.20. The zero-order valence-electron chi connectivity index (χ0n) is 13.6. The molecule has 3 aromatic carbocycles.